The molecule has 1 unspecified atom stereocenters. The summed E-state index contributed by atoms with van der Waals surface area (Å²) < 4.78 is 13.8. The second-order valence-corrected chi connectivity index (χ2v) is 5.13. The summed E-state index contributed by atoms with van der Waals surface area (Å²) in [5.74, 6) is 6.10. The maximum absolute atomic E-state index is 13.1. The maximum atomic E-state index is 13.1. The predicted octanol–water partition coefficient (Wildman–Crippen LogP) is 2.33. The molecule has 1 aromatic carbocycles. The van der Waals surface area contributed by atoms with Crippen LogP contribution in [0.15, 0.2) is 22.7 Å². The highest BCUT2D eigenvalue weighted by atomic mass is 79.9. The van der Waals surface area contributed by atoms with Gasteiger partial charge in [0, 0.05) is 16.3 Å². The van der Waals surface area contributed by atoms with Crippen molar-refractivity contribution < 1.29 is 4.39 Å². The van der Waals surface area contributed by atoms with Gasteiger partial charge in [-0.3, -0.25) is 11.3 Å². The van der Waals surface area contributed by atoms with Gasteiger partial charge < -0.3 is 0 Å². The highest BCUT2D eigenvalue weighted by Gasteiger charge is 2.08. The van der Waals surface area contributed by atoms with Gasteiger partial charge in [0.25, 0.3) is 0 Å². The lowest BCUT2D eigenvalue weighted by molar-refractivity contribution is 0.570. The normalized spacial score (nSPS) is 12.8. The fraction of sp³-hybridized carbons (Fsp3) is 0.400. The van der Waals surface area contributed by atoms with E-state index in [4.69, 9.17) is 5.84 Å². The Kier molecular flexibility index (Phi) is 5.60. The Morgan fingerprint density at radius 3 is 2.80 bits per heavy atom. The molecule has 1 rings (SSSR count). The van der Waals surface area contributed by atoms with E-state index >= 15 is 0 Å². The summed E-state index contributed by atoms with van der Waals surface area (Å²) >= 11 is 4.98. The average molecular weight is 293 g/mol. The number of nitrogens with two attached hydrogens (primary N) is 1. The van der Waals surface area contributed by atoms with Crippen molar-refractivity contribution in [1.82, 2.24) is 5.43 Å². The van der Waals surface area contributed by atoms with Crippen molar-refractivity contribution in [2.24, 2.45) is 5.84 Å². The number of benzene rings is 1. The van der Waals surface area contributed by atoms with Gasteiger partial charge in [0.15, 0.2) is 0 Å². The molecule has 0 aliphatic heterocycles. The van der Waals surface area contributed by atoms with Gasteiger partial charge >= 0.3 is 0 Å². The van der Waals surface area contributed by atoms with E-state index in [1.54, 1.807) is 11.8 Å². The zero-order chi connectivity index (χ0) is 11.3. The summed E-state index contributed by atoms with van der Waals surface area (Å²) in [4.78, 5) is 0. The topological polar surface area (TPSA) is 38.0 Å². The Hall–Kier alpha value is -0.100. The lowest BCUT2D eigenvalue weighted by Gasteiger charge is -2.14. The van der Waals surface area contributed by atoms with Gasteiger partial charge in [-0.15, -0.1) is 0 Å². The monoisotopic (exact) mass is 292 g/mol. The van der Waals surface area contributed by atoms with Crippen molar-refractivity contribution in [2.45, 2.75) is 12.5 Å². The summed E-state index contributed by atoms with van der Waals surface area (Å²) in [5.41, 5.74) is 3.68. The molecule has 0 fully saturated rings. The minimum absolute atomic E-state index is 0.175. The Bertz CT molecular complexity index is 302. The van der Waals surface area contributed by atoms with Gasteiger partial charge in [0.1, 0.15) is 5.82 Å². The van der Waals surface area contributed by atoms with Crippen LogP contribution in [0.1, 0.15) is 5.56 Å². The SMILES string of the molecule is CSCC(Cc1cc(F)cc(Br)c1)NN. The molecule has 0 aliphatic rings. The molecular weight excluding hydrogens is 279 g/mol. The van der Waals surface area contributed by atoms with Gasteiger partial charge in [-0.1, -0.05) is 15.9 Å². The average Bonchev–Trinajstić information content (AvgIpc) is 2.15. The zero-order valence-corrected chi connectivity index (χ0v) is 10.9. The number of thioether (sulfide) groups is 1. The Balaban J connectivity index is 2.69. The summed E-state index contributed by atoms with van der Waals surface area (Å²) in [6.45, 7) is 0. The number of nitrogens with one attached hydrogen (secondary N) is 1. The van der Waals surface area contributed by atoms with Crippen LogP contribution in [0, 0.1) is 5.82 Å². The van der Waals surface area contributed by atoms with E-state index in [9.17, 15) is 4.39 Å². The van der Waals surface area contributed by atoms with Gasteiger partial charge in [0.05, 0.1) is 0 Å². The smallest absolute Gasteiger partial charge is 0.124 e. The molecule has 5 heteroatoms. The van der Waals surface area contributed by atoms with Crippen molar-refractivity contribution in [1.29, 1.82) is 0 Å². The molecule has 84 valence electrons. The second-order valence-electron chi connectivity index (χ2n) is 3.30. The van der Waals surface area contributed by atoms with Gasteiger partial charge in [-0.25, -0.2) is 4.39 Å². The fourth-order valence-corrected chi connectivity index (χ4v) is 2.51. The first kappa shape index (κ1) is 13.0. The molecular formula is C10H14BrFN2S. The number of hydrogen-bond donors (Lipinski definition) is 2. The summed E-state index contributed by atoms with van der Waals surface area (Å²) in [6, 6.07) is 5.07. The quantitative estimate of drug-likeness (QED) is 0.646. The fourth-order valence-electron chi connectivity index (χ4n) is 1.38. The van der Waals surface area contributed by atoms with Crippen LogP contribution < -0.4 is 11.3 Å². The molecule has 0 spiro atoms. The number of halogens is 2. The number of rotatable bonds is 5. The standard InChI is InChI=1S/C10H14BrFN2S/c1-15-6-10(14-13)4-7-2-8(11)5-9(12)3-7/h2-3,5,10,14H,4,6,13H2,1H3. The molecule has 0 saturated carbocycles. The third kappa shape index (κ3) is 4.51. The van der Waals surface area contributed by atoms with E-state index < -0.39 is 0 Å². The van der Waals surface area contributed by atoms with E-state index in [1.165, 1.54) is 12.1 Å². The van der Waals surface area contributed by atoms with Gasteiger partial charge in [-0.2, -0.15) is 11.8 Å². The van der Waals surface area contributed by atoms with E-state index in [0.29, 0.717) is 0 Å². The van der Waals surface area contributed by atoms with Crippen molar-refractivity contribution in [3.8, 4) is 0 Å². The Morgan fingerprint density at radius 2 is 2.27 bits per heavy atom. The zero-order valence-electron chi connectivity index (χ0n) is 8.47. The number of hydrazine groups is 1. The van der Waals surface area contributed by atoms with Crippen molar-refractivity contribution in [3.63, 3.8) is 0 Å². The molecule has 15 heavy (non-hydrogen) atoms. The van der Waals surface area contributed by atoms with E-state index in [-0.39, 0.29) is 11.9 Å². The minimum atomic E-state index is -0.223. The van der Waals surface area contributed by atoms with Gasteiger partial charge in [0.2, 0.25) is 0 Å². The molecule has 0 saturated heterocycles. The van der Waals surface area contributed by atoms with Crippen LogP contribution in [-0.2, 0) is 6.42 Å². The summed E-state index contributed by atoms with van der Waals surface area (Å²) in [5, 5.41) is 0. The van der Waals surface area contributed by atoms with E-state index in [1.807, 2.05) is 12.3 Å². The van der Waals surface area contributed by atoms with Crippen LogP contribution in [-0.4, -0.2) is 18.1 Å². The second kappa shape index (κ2) is 6.48. The molecule has 0 aliphatic carbocycles. The third-order valence-electron chi connectivity index (χ3n) is 2.01. The van der Waals surface area contributed by atoms with Crippen LogP contribution in [0.3, 0.4) is 0 Å². The lowest BCUT2D eigenvalue weighted by Crippen LogP contribution is -2.38. The molecule has 3 N–H and O–H groups in total. The Morgan fingerprint density at radius 1 is 1.53 bits per heavy atom. The first-order valence-electron chi connectivity index (χ1n) is 4.55. The predicted molar refractivity (Wildman–Crippen MR) is 67.3 cm³/mol. The van der Waals surface area contributed by atoms with Crippen molar-refractivity contribution in [2.75, 3.05) is 12.0 Å². The molecule has 0 amide bonds. The van der Waals surface area contributed by atoms with Crippen molar-refractivity contribution in [3.05, 3.63) is 34.1 Å². The first-order valence-corrected chi connectivity index (χ1v) is 6.74. The molecule has 0 aromatic heterocycles. The highest BCUT2D eigenvalue weighted by Crippen LogP contribution is 2.16. The highest BCUT2D eigenvalue weighted by molar-refractivity contribution is 9.10. The molecule has 0 radical (unpaired) electrons. The Labute approximate surface area is 102 Å². The van der Waals surface area contributed by atoms with Crippen LogP contribution in [0.4, 0.5) is 4.39 Å². The molecule has 1 aromatic rings. The largest absolute Gasteiger partial charge is 0.271 e. The summed E-state index contributed by atoms with van der Waals surface area (Å²) in [6.07, 6.45) is 2.75. The number of hydrogen-bond acceptors (Lipinski definition) is 3. The third-order valence-corrected chi connectivity index (χ3v) is 3.20. The van der Waals surface area contributed by atoms with E-state index in [0.717, 1.165) is 22.2 Å². The van der Waals surface area contributed by atoms with Crippen LogP contribution in [0.25, 0.3) is 0 Å². The summed E-state index contributed by atoms with van der Waals surface area (Å²) in [7, 11) is 0. The maximum Gasteiger partial charge on any atom is 0.124 e. The van der Waals surface area contributed by atoms with Crippen molar-refractivity contribution >= 4 is 27.7 Å². The van der Waals surface area contributed by atoms with Crippen LogP contribution in [0.5, 0.6) is 0 Å². The molecule has 2 nitrogen and oxygen atoms in total. The molecule has 0 bridgehead atoms. The van der Waals surface area contributed by atoms with Crippen LogP contribution in [0.2, 0.25) is 0 Å². The van der Waals surface area contributed by atoms with Crippen LogP contribution >= 0.6 is 27.7 Å². The molecule has 1 atom stereocenters. The first-order chi connectivity index (χ1) is 7.15. The van der Waals surface area contributed by atoms with E-state index in [2.05, 4.69) is 21.4 Å². The molecule has 0 heterocycles. The lowest BCUT2D eigenvalue weighted by atomic mass is 10.1. The van der Waals surface area contributed by atoms with Gasteiger partial charge in [-0.05, 0) is 36.4 Å². The minimum Gasteiger partial charge on any atom is -0.271 e.